The van der Waals surface area contributed by atoms with Crippen LogP contribution in [0.25, 0.3) is 105 Å². The molecule has 0 saturated carbocycles. The lowest BCUT2D eigenvalue weighted by atomic mass is 9.95. The van der Waals surface area contributed by atoms with Gasteiger partial charge in [-0.15, -0.1) is 0 Å². The summed E-state index contributed by atoms with van der Waals surface area (Å²) in [4.78, 5) is 15.1. The molecule has 252 valence electrons. The SMILES string of the molecule is c1ccc(-c2nc(-c3ccccc3)nc(-c3cccc4oc5ccc(-n6c7ccccc7c7c8ccccc8c(-c8ccccc8)cc76)cc5c34)n2)cc1. The van der Waals surface area contributed by atoms with Gasteiger partial charge in [0.2, 0.25) is 0 Å². The van der Waals surface area contributed by atoms with Crippen molar-refractivity contribution in [1.82, 2.24) is 19.5 Å². The van der Waals surface area contributed by atoms with Crippen LogP contribution in [0.2, 0.25) is 0 Å². The van der Waals surface area contributed by atoms with Gasteiger partial charge in [0, 0.05) is 43.9 Å². The van der Waals surface area contributed by atoms with Gasteiger partial charge in [-0.2, -0.15) is 0 Å². The number of benzene rings is 8. The molecule has 11 rings (SSSR count). The van der Waals surface area contributed by atoms with Crippen LogP contribution in [-0.4, -0.2) is 19.5 Å². The van der Waals surface area contributed by atoms with Gasteiger partial charge in [0.25, 0.3) is 0 Å². The highest BCUT2D eigenvalue weighted by Gasteiger charge is 2.21. The zero-order valence-corrected chi connectivity index (χ0v) is 29.0. The second kappa shape index (κ2) is 12.1. The van der Waals surface area contributed by atoms with Crippen molar-refractivity contribution in [1.29, 1.82) is 0 Å². The summed E-state index contributed by atoms with van der Waals surface area (Å²) in [5.41, 5.74) is 10.1. The van der Waals surface area contributed by atoms with Crippen molar-refractivity contribution in [2.24, 2.45) is 0 Å². The lowest BCUT2D eigenvalue weighted by molar-refractivity contribution is 0.669. The first kappa shape index (κ1) is 30.3. The van der Waals surface area contributed by atoms with Crippen molar-refractivity contribution in [3.05, 3.63) is 182 Å². The smallest absolute Gasteiger partial charge is 0.164 e. The molecule has 0 spiro atoms. The molecule has 0 aliphatic rings. The van der Waals surface area contributed by atoms with E-state index in [1.807, 2.05) is 72.8 Å². The van der Waals surface area contributed by atoms with Crippen LogP contribution < -0.4 is 0 Å². The minimum Gasteiger partial charge on any atom is -0.456 e. The molecular formula is C49H30N4O. The summed E-state index contributed by atoms with van der Waals surface area (Å²) in [5, 5.41) is 6.89. The molecule has 0 radical (unpaired) electrons. The average molecular weight is 691 g/mol. The van der Waals surface area contributed by atoms with Gasteiger partial charge in [0.1, 0.15) is 11.2 Å². The van der Waals surface area contributed by atoms with Crippen molar-refractivity contribution >= 4 is 54.5 Å². The van der Waals surface area contributed by atoms with E-state index in [0.717, 1.165) is 55.3 Å². The van der Waals surface area contributed by atoms with Crippen molar-refractivity contribution in [2.75, 3.05) is 0 Å². The third kappa shape index (κ3) is 4.76. The van der Waals surface area contributed by atoms with Crippen molar-refractivity contribution in [3.8, 4) is 51.0 Å². The molecule has 0 saturated heterocycles. The molecule has 0 bridgehead atoms. The van der Waals surface area contributed by atoms with E-state index >= 15 is 0 Å². The Morgan fingerprint density at radius 3 is 1.65 bits per heavy atom. The van der Waals surface area contributed by atoms with Crippen LogP contribution in [0, 0.1) is 0 Å². The largest absolute Gasteiger partial charge is 0.456 e. The third-order valence-corrected chi connectivity index (χ3v) is 10.4. The molecule has 0 N–H and O–H groups in total. The summed E-state index contributed by atoms with van der Waals surface area (Å²) in [6.45, 7) is 0. The van der Waals surface area contributed by atoms with Gasteiger partial charge in [-0.1, -0.05) is 146 Å². The number of nitrogens with zero attached hydrogens (tertiary/aromatic N) is 4. The number of para-hydroxylation sites is 1. The van der Waals surface area contributed by atoms with E-state index in [1.165, 1.54) is 32.7 Å². The Labute approximate surface area is 310 Å². The van der Waals surface area contributed by atoms with Gasteiger partial charge in [-0.25, -0.2) is 15.0 Å². The van der Waals surface area contributed by atoms with Gasteiger partial charge >= 0.3 is 0 Å². The van der Waals surface area contributed by atoms with Crippen LogP contribution in [0.5, 0.6) is 0 Å². The summed E-state index contributed by atoms with van der Waals surface area (Å²) in [5.74, 6) is 1.84. The Bertz CT molecular complexity index is 3140. The number of fused-ring (bicyclic) bond motifs is 8. The standard InChI is InChI=1S/C49H30N4O/c1-4-15-31(16-5-1)39-30-42-45(36-22-11-10-21-35(36)39)37-23-12-13-25-41(37)53(42)34-27-28-43-40(29-34)46-38(24-14-26-44(46)54-43)49-51-47(32-17-6-2-7-18-32)50-48(52-49)33-19-8-3-9-20-33/h1-30H. The molecule has 54 heavy (non-hydrogen) atoms. The van der Waals surface area contributed by atoms with Crippen LogP contribution in [0.15, 0.2) is 186 Å². The highest BCUT2D eigenvalue weighted by Crippen LogP contribution is 2.43. The topological polar surface area (TPSA) is 56.7 Å². The van der Waals surface area contributed by atoms with Crippen LogP contribution >= 0.6 is 0 Å². The fourth-order valence-corrected chi connectivity index (χ4v) is 8.03. The first-order valence-corrected chi connectivity index (χ1v) is 18.1. The molecule has 5 heteroatoms. The zero-order valence-electron chi connectivity index (χ0n) is 29.0. The summed E-state index contributed by atoms with van der Waals surface area (Å²) in [7, 11) is 0. The second-order valence-corrected chi connectivity index (χ2v) is 13.6. The Balaban J connectivity index is 1.18. The number of aromatic nitrogens is 4. The van der Waals surface area contributed by atoms with Gasteiger partial charge in [-0.05, 0) is 58.3 Å². The number of hydrogen-bond acceptors (Lipinski definition) is 4. The van der Waals surface area contributed by atoms with Crippen LogP contribution in [0.1, 0.15) is 0 Å². The van der Waals surface area contributed by atoms with Crippen LogP contribution in [0.3, 0.4) is 0 Å². The van der Waals surface area contributed by atoms with Gasteiger partial charge in [-0.3, -0.25) is 0 Å². The maximum atomic E-state index is 6.55. The lowest BCUT2D eigenvalue weighted by Gasteiger charge is -2.12. The molecule has 8 aromatic carbocycles. The second-order valence-electron chi connectivity index (χ2n) is 13.6. The maximum absolute atomic E-state index is 6.55. The molecular weight excluding hydrogens is 661 g/mol. The Morgan fingerprint density at radius 1 is 0.352 bits per heavy atom. The van der Waals surface area contributed by atoms with E-state index in [2.05, 4.69) is 114 Å². The summed E-state index contributed by atoms with van der Waals surface area (Å²) in [6.07, 6.45) is 0. The van der Waals surface area contributed by atoms with Gasteiger partial charge in [0.15, 0.2) is 17.5 Å². The van der Waals surface area contributed by atoms with E-state index in [0.29, 0.717) is 17.5 Å². The normalized spacial score (nSPS) is 11.7. The minimum absolute atomic E-state index is 0.595. The molecule has 0 amide bonds. The lowest BCUT2D eigenvalue weighted by Crippen LogP contribution is -2.00. The van der Waals surface area contributed by atoms with E-state index in [4.69, 9.17) is 19.4 Å². The van der Waals surface area contributed by atoms with E-state index in [-0.39, 0.29) is 0 Å². The Morgan fingerprint density at radius 2 is 0.944 bits per heavy atom. The fourth-order valence-electron chi connectivity index (χ4n) is 8.03. The third-order valence-electron chi connectivity index (χ3n) is 10.4. The van der Waals surface area contributed by atoms with Gasteiger partial charge in [0.05, 0.1) is 11.0 Å². The Kier molecular flexibility index (Phi) is 6.79. The fraction of sp³-hybridized carbons (Fsp3) is 0. The Hall–Kier alpha value is -7.37. The highest BCUT2D eigenvalue weighted by atomic mass is 16.3. The summed E-state index contributed by atoms with van der Waals surface area (Å²) in [6, 6.07) is 63.3. The molecule has 3 aromatic heterocycles. The minimum atomic E-state index is 0.595. The van der Waals surface area contributed by atoms with Crippen molar-refractivity contribution in [3.63, 3.8) is 0 Å². The first-order valence-electron chi connectivity index (χ1n) is 18.1. The van der Waals surface area contributed by atoms with Crippen LogP contribution in [0.4, 0.5) is 0 Å². The summed E-state index contributed by atoms with van der Waals surface area (Å²) < 4.78 is 8.94. The molecule has 3 heterocycles. The molecule has 0 aliphatic heterocycles. The molecule has 0 fully saturated rings. The monoisotopic (exact) mass is 690 g/mol. The molecule has 5 nitrogen and oxygen atoms in total. The van der Waals surface area contributed by atoms with E-state index < -0.39 is 0 Å². The summed E-state index contributed by atoms with van der Waals surface area (Å²) >= 11 is 0. The zero-order chi connectivity index (χ0) is 35.6. The van der Waals surface area contributed by atoms with Gasteiger partial charge < -0.3 is 8.98 Å². The van der Waals surface area contributed by atoms with Crippen LogP contribution in [-0.2, 0) is 0 Å². The highest BCUT2D eigenvalue weighted by molar-refractivity contribution is 6.24. The van der Waals surface area contributed by atoms with Crippen molar-refractivity contribution < 1.29 is 4.42 Å². The number of rotatable bonds is 5. The predicted molar refractivity (Wildman–Crippen MR) is 221 cm³/mol. The first-order chi connectivity index (χ1) is 26.8. The quantitative estimate of drug-likeness (QED) is 0.180. The number of furan rings is 1. The molecule has 0 atom stereocenters. The molecule has 0 unspecified atom stereocenters. The molecule has 0 aliphatic carbocycles. The van der Waals surface area contributed by atoms with E-state index in [9.17, 15) is 0 Å². The number of hydrogen-bond donors (Lipinski definition) is 0. The maximum Gasteiger partial charge on any atom is 0.164 e. The van der Waals surface area contributed by atoms with Crippen molar-refractivity contribution in [2.45, 2.75) is 0 Å². The predicted octanol–water partition coefficient (Wildman–Crippen LogP) is 12.7. The van der Waals surface area contributed by atoms with E-state index in [1.54, 1.807) is 0 Å². The molecule has 11 aromatic rings. The average Bonchev–Trinajstić information content (AvgIpc) is 3.79.